The molecule has 1 aliphatic rings. The number of hydrogen-bond acceptors (Lipinski definition) is 10. The minimum atomic E-state index is -1.07. The molecule has 10 nitrogen and oxygen atoms in total. The van der Waals surface area contributed by atoms with Crippen molar-refractivity contribution in [3.8, 4) is 17.2 Å². The fourth-order valence-electron chi connectivity index (χ4n) is 4.54. The number of amides is 1. The summed E-state index contributed by atoms with van der Waals surface area (Å²) in [7, 11) is 0. The third-order valence-corrected chi connectivity index (χ3v) is 7.52. The van der Waals surface area contributed by atoms with Crippen LogP contribution in [0.3, 0.4) is 0 Å². The maximum atomic E-state index is 13.6. The van der Waals surface area contributed by atoms with Gasteiger partial charge in [0.15, 0.2) is 16.6 Å². The van der Waals surface area contributed by atoms with Gasteiger partial charge in [-0.15, -0.1) is 0 Å². The first-order chi connectivity index (χ1) is 20.2. The van der Waals surface area contributed by atoms with Gasteiger partial charge in [-0.1, -0.05) is 24.3 Å². The molecule has 1 saturated heterocycles. The summed E-state index contributed by atoms with van der Waals surface area (Å²) in [6.45, 7) is 10.5. The largest absolute Gasteiger partial charge is 0.507 e. The minimum absolute atomic E-state index is 0.122. The zero-order valence-corrected chi connectivity index (χ0v) is 25.1. The molecule has 1 aromatic heterocycles. The predicted octanol–water partition coefficient (Wildman–Crippen LogP) is 5.84. The van der Waals surface area contributed by atoms with E-state index < -0.39 is 23.7 Å². The monoisotopic (exact) mass is 594 g/mol. The third kappa shape index (κ3) is 6.11. The second-order valence-electron chi connectivity index (χ2n) is 9.25. The number of aliphatic hydroxyl groups excluding tert-OH is 1. The summed E-state index contributed by atoms with van der Waals surface area (Å²) in [6, 6.07) is 10.6. The number of aromatic nitrogens is 1. The fraction of sp³-hybridized carbons (Fsp3) is 0.355. The maximum Gasteiger partial charge on any atom is 0.350 e. The number of aliphatic hydroxyl groups is 1. The first-order valence-electron chi connectivity index (χ1n) is 13.8. The van der Waals surface area contributed by atoms with E-state index in [0.717, 1.165) is 17.8 Å². The Kier molecular flexibility index (Phi) is 9.84. The lowest BCUT2D eigenvalue weighted by molar-refractivity contribution is -0.132. The molecule has 1 unspecified atom stereocenters. The highest BCUT2D eigenvalue weighted by molar-refractivity contribution is 7.17. The van der Waals surface area contributed by atoms with Crippen molar-refractivity contribution in [3.05, 3.63) is 69.7 Å². The van der Waals surface area contributed by atoms with Gasteiger partial charge in [0, 0.05) is 5.56 Å². The molecule has 3 aromatic rings. The van der Waals surface area contributed by atoms with Crippen LogP contribution in [0.4, 0.5) is 5.13 Å². The molecule has 0 saturated carbocycles. The summed E-state index contributed by atoms with van der Waals surface area (Å²) in [4.78, 5) is 45.6. The van der Waals surface area contributed by atoms with Crippen LogP contribution in [0.1, 0.15) is 66.7 Å². The van der Waals surface area contributed by atoms with Crippen LogP contribution < -0.4 is 19.1 Å². The number of thiazole rings is 1. The summed E-state index contributed by atoms with van der Waals surface area (Å²) in [5, 5.41) is 11.6. The molecule has 0 aliphatic carbocycles. The molecular formula is C31H34N2O8S. The lowest BCUT2D eigenvalue weighted by Gasteiger charge is -2.24. The van der Waals surface area contributed by atoms with Crippen molar-refractivity contribution in [2.45, 2.75) is 47.1 Å². The molecule has 4 rings (SSSR count). The lowest BCUT2D eigenvalue weighted by Crippen LogP contribution is -2.29. The van der Waals surface area contributed by atoms with Gasteiger partial charge < -0.3 is 24.1 Å². The maximum absolute atomic E-state index is 13.6. The summed E-state index contributed by atoms with van der Waals surface area (Å²) in [5.41, 5.74) is 1.05. The number of benzene rings is 2. The van der Waals surface area contributed by atoms with E-state index in [-0.39, 0.29) is 27.9 Å². The van der Waals surface area contributed by atoms with Gasteiger partial charge in [0.05, 0.1) is 43.7 Å². The molecular weight excluding hydrogens is 560 g/mol. The molecule has 11 heteroatoms. The molecule has 1 aliphatic heterocycles. The summed E-state index contributed by atoms with van der Waals surface area (Å²) >= 11 is 0.944. The molecule has 1 amide bonds. The SMILES string of the molecule is CCCOc1ccc(C(O)=C2C(=O)C(=O)N(c3nc(C)c(C(=O)OCC)s3)C2c2ccc(OCC)c(OCC)c2)cc1. The predicted molar refractivity (Wildman–Crippen MR) is 159 cm³/mol. The number of esters is 1. The van der Waals surface area contributed by atoms with E-state index in [2.05, 4.69) is 4.98 Å². The molecule has 1 atom stereocenters. The Bertz CT molecular complexity index is 1500. The van der Waals surface area contributed by atoms with Crippen LogP contribution >= 0.6 is 11.3 Å². The van der Waals surface area contributed by atoms with Crippen molar-refractivity contribution >= 4 is 39.9 Å². The number of carbonyl (C=O) groups excluding carboxylic acids is 3. The normalized spacial score (nSPS) is 16.0. The van der Waals surface area contributed by atoms with Gasteiger partial charge in [-0.3, -0.25) is 14.5 Å². The van der Waals surface area contributed by atoms with Gasteiger partial charge in [-0.25, -0.2) is 9.78 Å². The Morgan fingerprint density at radius 1 is 0.952 bits per heavy atom. The molecule has 2 heterocycles. The smallest absolute Gasteiger partial charge is 0.350 e. The lowest BCUT2D eigenvalue weighted by atomic mass is 9.95. The highest BCUT2D eigenvalue weighted by Crippen LogP contribution is 2.45. The standard InChI is InChI=1S/C31H34N2O8S/c1-6-16-41-21-13-10-19(11-14-21)26(34)24-25(20-12-15-22(38-7-2)23(17-20)39-8-3)33(29(36)27(24)35)31-32-18(5)28(42-31)30(37)40-9-4/h10-15,17,25,34H,6-9,16H2,1-5H3. The molecule has 1 fully saturated rings. The zero-order valence-electron chi connectivity index (χ0n) is 24.3. The summed E-state index contributed by atoms with van der Waals surface area (Å²) in [6.07, 6.45) is 0.838. The number of rotatable bonds is 12. The number of ether oxygens (including phenoxy) is 4. The van der Waals surface area contributed by atoms with E-state index in [0.29, 0.717) is 53.9 Å². The number of anilines is 1. The Balaban J connectivity index is 1.89. The summed E-state index contributed by atoms with van der Waals surface area (Å²) in [5.74, 6) is -1.17. The number of ketones is 1. The van der Waals surface area contributed by atoms with Crippen molar-refractivity contribution in [1.29, 1.82) is 0 Å². The van der Waals surface area contributed by atoms with Crippen molar-refractivity contribution in [1.82, 2.24) is 4.98 Å². The Morgan fingerprint density at radius 3 is 2.29 bits per heavy atom. The zero-order chi connectivity index (χ0) is 30.4. The van der Waals surface area contributed by atoms with Gasteiger partial charge in [0.25, 0.3) is 5.78 Å². The van der Waals surface area contributed by atoms with Crippen molar-refractivity contribution in [2.75, 3.05) is 31.3 Å². The van der Waals surface area contributed by atoms with Gasteiger partial charge >= 0.3 is 11.9 Å². The highest BCUT2D eigenvalue weighted by atomic mass is 32.1. The van der Waals surface area contributed by atoms with E-state index >= 15 is 0 Å². The van der Waals surface area contributed by atoms with Gasteiger partial charge in [0.2, 0.25) is 0 Å². The average Bonchev–Trinajstić information content (AvgIpc) is 3.49. The molecule has 0 bridgehead atoms. The van der Waals surface area contributed by atoms with Crippen molar-refractivity contribution in [3.63, 3.8) is 0 Å². The molecule has 0 radical (unpaired) electrons. The second-order valence-corrected chi connectivity index (χ2v) is 10.2. The Labute approximate surface area is 248 Å². The summed E-state index contributed by atoms with van der Waals surface area (Å²) < 4.78 is 22.3. The fourth-order valence-corrected chi connectivity index (χ4v) is 5.53. The van der Waals surface area contributed by atoms with Crippen LogP contribution in [0.15, 0.2) is 48.0 Å². The van der Waals surface area contributed by atoms with Crippen LogP contribution in [-0.2, 0) is 14.3 Å². The van der Waals surface area contributed by atoms with Crippen LogP contribution in [-0.4, -0.2) is 54.2 Å². The second kappa shape index (κ2) is 13.5. The Morgan fingerprint density at radius 2 is 1.64 bits per heavy atom. The number of carbonyl (C=O) groups is 3. The van der Waals surface area contributed by atoms with Crippen molar-refractivity contribution in [2.24, 2.45) is 0 Å². The van der Waals surface area contributed by atoms with E-state index in [9.17, 15) is 19.5 Å². The van der Waals surface area contributed by atoms with E-state index in [1.54, 1.807) is 56.3 Å². The quantitative estimate of drug-likeness (QED) is 0.119. The number of Topliss-reactive ketones (excluding diaryl/α,β-unsaturated/α-hetero) is 1. The first-order valence-corrected chi connectivity index (χ1v) is 14.6. The molecule has 222 valence electrons. The van der Waals surface area contributed by atoms with E-state index in [4.69, 9.17) is 18.9 Å². The number of aryl methyl sites for hydroxylation is 1. The van der Waals surface area contributed by atoms with Crippen LogP contribution in [0, 0.1) is 6.92 Å². The van der Waals surface area contributed by atoms with Gasteiger partial charge in [-0.2, -0.15) is 0 Å². The number of nitrogens with zero attached hydrogens (tertiary/aromatic N) is 2. The minimum Gasteiger partial charge on any atom is -0.507 e. The van der Waals surface area contributed by atoms with Crippen LogP contribution in [0.25, 0.3) is 5.76 Å². The van der Waals surface area contributed by atoms with Gasteiger partial charge in [0.1, 0.15) is 16.4 Å². The molecule has 0 spiro atoms. The average molecular weight is 595 g/mol. The van der Waals surface area contributed by atoms with E-state index in [1.165, 1.54) is 4.90 Å². The third-order valence-electron chi connectivity index (χ3n) is 6.38. The number of hydrogen-bond donors (Lipinski definition) is 1. The van der Waals surface area contributed by atoms with Gasteiger partial charge in [-0.05, 0) is 76.1 Å². The van der Waals surface area contributed by atoms with Crippen molar-refractivity contribution < 1.29 is 38.4 Å². The molecule has 42 heavy (non-hydrogen) atoms. The Hall–Kier alpha value is -4.38. The van der Waals surface area contributed by atoms with E-state index in [1.807, 2.05) is 20.8 Å². The highest BCUT2D eigenvalue weighted by Gasteiger charge is 2.48. The first kappa shape index (κ1) is 30.6. The molecule has 1 N–H and O–H groups in total. The topological polar surface area (TPSA) is 124 Å². The molecule has 2 aromatic carbocycles. The van der Waals surface area contributed by atoms with Crippen LogP contribution in [0.2, 0.25) is 0 Å². The van der Waals surface area contributed by atoms with Crippen LogP contribution in [0.5, 0.6) is 17.2 Å².